The molecule has 0 spiro atoms. The summed E-state index contributed by atoms with van der Waals surface area (Å²) in [6.45, 7) is 7.84. The first-order chi connectivity index (χ1) is 16.9. The normalized spacial score (nSPS) is 16.5. The fraction of sp³-hybridized carbons (Fsp3) is 0.462. The summed E-state index contributed by atoms with van der Waals surface area (Å²) >= 11 is 0. The van der Waals surface area contributed by atoms with Gasteiger partial charge < -0.3 is 14.4 Å². The first kappa shape index (κ1) is 26.0. The highest BCUT2D eigenvalue weighted by molar-refractivity contribution is 7.89. The Kier molecular flexibility index (Phi) is 7.03. The van der Waals surface area contributed by atoms with Crippen molar-refractivity contribution < 1.29 is 17.9 Å². The minimum absolute atomic E-state index is 0.00991. The molecule has 0 amide bonds. The van der Waals surface area contributed by atoms with Crippen molar-refractivity contribution in [2.45, 2.75) is 39.0 Å². The van der Waals surface area contributed by atoms with E-state index in [-0.39, 0.29) is 22.6 Å². The fourth-order valence-electron chi connectivity index (χ4n) is 4.84. The molecule has 3 heterocycles. The molecular weight excluding hydrogens is 480 g/mol. The second kappa shape index (κ2) is 9.74. The van der Waals surface area contributed by atoms with E-state index in [1.807, 2.05) is 12.3 Å². The van der Waals surface area contributed by atoms with Crippen LogP contribution in [-0.4, -0.2) is 51.4 Å². The molecule has 2 aromatic heterocycles. The number of aromatic amines is 1. The molecule has 0 bridgehead atoms. The smallest absolute Gasteiger partial charge is 0.258 e. The van der Waals surface area contributed by atoms with Crippen LogP contribution in [0.3, 0.4) is 0 Å². The molecule has 1 saturated heterocycles. The SMILES string of the molecule is COc1ccc(-c2cc(C(C)(C)C)c(OC)c3cc(N4CC[C@@H](CCS(N)(=O)=O)C4)cnc23)c(=O)[nH]1. The number of hydrogen-bond acceptors (Lipinski definition) is 7. The van der Waals surface area contributed by atoms with Gasteiger partial charge in [0.1, 0.15) is 5.75 Å². The summed E-state index contributed by atoms with van der Waals surface area (Å²) in [6.07, 6.45) is 3.24. The molecule has 1 aliphatic rings. The summed E-state index contributed by atoms with van der Waals surface area (Å²) in [5.74, 6) is 1.35. The average Bonchev–Trinajstić information content (AvgIpc) is 3.29. The summed E-state index contributed by atoms with van der Waals surface area (Å²) in [5, 5.41) is 6.01. The molecule has 10 heteroatoms. The lowest BCUT2D eigenvalue weighted by atomic mass is 9.83. The number of anilines is 1. The summed E-state index contributed by atoms with van der Waals surface area (Å²) in [7, 11) is -0.318. The Hall–Kier alpha value is -3.11. The van der Waals surface area contributed by atoms with Crippen LogP contribution >= 0.6 is 0 Å². The van der Waals surface area contributed by atoms with Crippen LogP contribution < -0.4 is 25.1 Å². The van der Waals surface area contributed by atoms with Crippen molar-refractivity contribution in [2.24, 2.45) is 11.1 Å². The number of fused-ring (bicyclic) bond motifs is 1. The Morgan fingerprint density at radius 2 is 1.92 bits per heavy atom. The molecule has 1 fully saturated rings. The molecular formula is C26H34N4O5S. The predicted molar refractivity (Wildman–Crippen MR) is 143 cm³/mol. The zero-order valence-corrected chi connectivity index (χ0v) is 22.2. The minimum Gasteiger partial charge on any atom is -0.496 e. The summed E-state index contributed by atoms with van der Waals surface area (Å²) in [4.78, 5) is 22.7. The molecule has 0 unspecified atom stereocenters. The molecule has 0 saturated carbocycles. The number of rotatable bonds is 7. The maximum Gasteiger partial charge on any atom is 0.258 e. The van der Waals surface area contributed by atoms with Crippen LogP contribution in [0.15, 0.2) is 35.3 Å². The number of nitrogens with two attached hydrogens (primary N) is 1. The standard InChI is InChI=1S/C26H34N4O5S/c1-26(2,3)21-13-19(18-6-7-22(34-4)29-25(18)31)23-20(24(21)35-5)12-17(14-28-23)30-10-8-16(15-30)9-11-36(27,32)33/h6-7,12-14,16H,8-11,15H2,1-5H3,(H,29,31)(H2,27,32,33)/t16-/m0/s1. The zero-order chi connectivity index (χ0) is 26.3. The van der Waals surface area contributed by atoms with Crippen molar-refractivity contribution in [1.82, 2.24) is 9.97 Å². The van der Waals surface area contributed by atoms with Gasteiger partial charge in [0.25, 0.3) is 5.56 Å². The van der Waals surface area contributed by atoms with E-state index in [9.17, 15) is 13.2 Å². The van der Waals surface area contributed by atoms with E-state index in [1.54, 1.807) is 19.2 Å². The van der Waals surface area contributed by atoms with Gasteiger partial charge in [-0.1, -0.05) is 20.8 Å². The lowest BCUT2D eigenvalue weighted by Gasteiger charge is -2.26. The van der Waals surface area contributed by atoms with Gasteiger partial charge in [0.2, 0.25) is 10.0 Å². The van der Waals surface area contributed by atoms with Gasteiger partial charge in [0, 0.05) is 35.2 Å². The van der Waals surface area contributed by atoms with Crippen molar-refractivity contribution in [3.8, 4) is 22.8 Å². The second-order valence-corrected chi connectivity index (χ2v) is 12.1. The van der Waals surface area contributed by atoms with Crippen LogP contribution in [0.25, 0.3) is 22.0 Å². The monoisotopic (exact) mass is 514 g/mol. The van der Waals surface area contributed by atoms with Gasteiger partial charge in [0.15, 0.2) is 5.88 Å². The van der Waals surface area contributed by atoms with Gasteiger partial charge in [-0.05, 0) is 48.4 Å². The highest BCUT2D eigenvalue weighted by atomic mass is 32.2. The third kappa shape index (κ3) is 5.34. The Bertz CT molecular complexity index is 1440. The number of primary sulfonamides is 1. The number of hydrogen-bond donors (Lipinski definition) is 2. The van der Waals surface area contributed by atoms with Crippen LogP contribution in [0.1, 0.15) is 39.2 Å². The van der Waals surface area contributed by atoms with Crippen molar-refractivity contribution >= 4 is 26.6 Å². The van der Waals surface area contributed by atoms with Gasteiger partial charge >= 0.3 is 0 Å². The van der Waals surface area contributed by atoms with Crippen molar-refractivity contribution in [2.75, 3.05) is 38.0 Å². The number of methoxy groups -OCH3 is 2. The number of sulfonamides is 1. The summed E-state index contributed by atoms with van der Waals surface area (Å²) in [5.41, 5.74) is 3.27. The summed E-state index contributed by atoms with van der Waals surface area (Å²) < 4.78 is 33.9. The largest absolute Gasteiger partial charge is 0.496 e. The number of nitrogens with zero attached hydrogens (tertiary/aromatic N) is 2. The molecule has 3 aromatic rings. The number of nitrogens with one attached hydrogen (secondary N) is 1. The van der Waals surface area contributed by atoms with Gasteiger partial charge in [-0.2, -0.15) is 0 Å². The quantitative estimate of drug-likeness (QED) is 0.494. The average molecular weight is 515 g/mol. The highest BCUT2D eigenvalue weighted by Crippen LogP contribution is 2.42. The van der Waals surface area contributed by atoms with Crippen LogP contribution in [0, 0.1) is 5.92 Å². The molecule has 36 heavy (non-hydrogen) atoms. The van der Waals surface area contributed by atoms with E-state index in [0.717, 1.165) is 47.5 Å². The number of ether oxygens (including phenoxy) is 2. The Morgan fingerprint density at radius 3 is 2.53 bits per heavy atom. The second-order valence-electron chi connectivity index (χ2n) is 10.4. The zero-order valence-electron chi connectivity index (χ0n) is 21.4. The van der Waals surface area contributed by atoms with Crippen molar-refractivity contribution in [3.05, 3.63) is 46.4 Å². The van der Waals surface area contributed by atoms with E-state index in [4.69, 9.17) is 19.6 Å². The lowest BCUT2D eigenvalue weighted by molar-refractivity contribution is 0.397. The Morgan fingerprint density at radius 1 is 1.17 bits per heavy atom. The predicted octanol–water partition coefficient (Wildman–Crippen LogP) is 3.41. The van der Waals surface area contributed by atoms with Gasteiger partial charge in [-0.3, -0.25) is 14.8 Å². The van der Waals surface area contributed by atoms with Crippen LogP contribution in [0.5, 0.6) is 11.6 Å². The van der Waals surface area contributed by atoms with E-state index < -0.39 is 10.0 Å². The third-order valence-electron chi connectivity index (χ3n) is 6.77. The number of benzene rings is 1. The fourth-order valence-corrected chi connectivity index (χ4v) is 5.50. The van der Waals surface area contributed by atoms with Crippen LogP contribution in [-0.2, 0) is 15.4 Å². The third-order valence-corrected chi connectivity index (χ3v) is 7.58. The van der Waals surface area contributed by atoms with E-state index >= 15 is 0 Å². The molecule has 1 atom stereocenters. The molecule has 1 aliphatic heterocycles. The molecule has 0 aliphatic carbocycles. The van der Waals surface area contributed by atoms with Crippen molar-refractivity contribution in [3.63, 3.8) is 0 Å². The maximum atomic E-state index is 12.9. The van der Waals surface area contributed by atoms with E-state index in [0.29, 0.717) is 23.4 Å². The van der Waals surface area contributed by atoms with E-state index in [2.05, 4.69) is 36.7 Å². The lowest BCUT2D eigenvalue weighted by Crippen LogP contribution is -2.22. The molecule has 194 valence electrons. The molecule has 4 rings (SSSR count). The minimum atomic E-state index is -3.47. The first-order valence-electron chi connectivity index (χ1n) is 12.0. The number of aromatic nitrogens is 2. The molecule has 3 N–H and O–H groups in total. The molecule has 1 aromatic carbocycles. The van der Waals surface area contributed by atoms with E-state index in [1.165, 1.54) is 7.11 Å². The van der Waals surface area contributed by atoms with Crippen LogP contribution in [0.2, 0.25) is 0 Å². The highest BCUT2D eigenvalue weighted by Gasteiger charge is 2.27. The molecule has 9 nitrogen and oxygen atoms in total. The van der Waals surface area contributed by atoms with Gasteiger partial charge in [0.05, 0.1) is 37.4 Å². The first-order valence-corrected chi connectivity index (χ1v) is 13.7. The number of H-pyrrole nitrogens is 1. The summed E-state index contributed by atoms with van der Waals surface area (Å²) in [6, 6.07) is 7.52. The number of pyridine rings is 2. The maximum absolute atomic E-state index is 12.9. The van der Waals surface area contributed by atoms with Gasteiger partial charge in [-0.25, -0.2) is 13.6 Å². The molecule has 0 radical (unpaired) electrons. The Labute approximate surface area is 211 Å². The van der Waals surface area contributed by atoms with Crippen molar-refractivity contribution in [1.29, 1.82) is 0 Å². The topological polar surface area (TPSA) is 128 Å². The Balaban J connectivity index is 1.83. The van der Waals surface area contributed by atoms with Gasteiger partial charge in [-0.15, -0.1) is 0 Å². The van der Waals surface area contributed by atoms with Crippen LogP contribution in [0.4, 0.5) is 5.69 Å².